The number of piperazine rings is 1. The summed E-state index contributed by atoms with van der Waals surface area (Å²) in [4.78, 5) is 205. The lowest BCUT2D eigenvalue weighted by molar-refractivity contribution is -0.145. The fraction of sp³-hybridized carbons (Fsp3) is 0.541. The molecule has 4 aliphatic heterocycles. The van der Waals surface area contributed by atoms with E-state index in [1.807, 2.05) is 4.90 Å². The van der Waals surface area contributed by atoms with Crippen LogP contribution in [0.3, 0.4) is 0 Å². The topological polar surface area (TPSA) is 506 Å². The van der Waals surface area contributed by atoms with Gasteiger partial charge in [0.15, 0.2) is 5.96 Å². The fourth-order valence-electron chi connectivity index (χ4n) is 16.4. The highest BCUT2D eigenvalue weighted by Gasteiger charge is 2.46. The number of nitrogens with zero attached hydrogens (tertiary/aromatic N) is 4. The zero-order valence-electron chi connectivity index (χ0n) is 69.3. The second-order valence-electron chi connectivity index (χ2n) is 32.6. The van der Waals surface area contributed by atoms with Gasteiger partial charge in [-0.15, -0.1) is 0 Å². The normalized spacial score (nSPS) is 19.1. The molecule has 9 rings (SSSR count). The van der Waals surface area contributed by atoms with E-state index in [-0.39, 0.29) is 114 Å². The molecule has 12 unspecified atom stereocenters. The molecule has 122 heavy (non-hydrogen) atoms. The molecular weight excluding hydrogens is 1580 g/mol. The van der Waals surface area contributed by atoms with Crippen molar-refractivity contribution < 1.29 is 85.4 Å². The first-order valence-corrected chi connectivity index (χ1v) is 41.9. The third-order valence-corrected chi connectivity index (χ3v) is 22.8. The van der Waals surface area contributed by atoms with Crippen LogP contribution in [0, 0.1) is 17.2 Å². The Morgan fingerprint density at radius 2 is 0.975 bits per heavy atom. The summed E-state index contributed by atoms with van der Waals surface area (Å²) in [5.41, 5.74) is 18.3. The number of likely N-dealkylation sites (tertiary alicyclic amines) is 3. The number of nitrogen functional groups attached to an aromatic ring is 1. The predicted octanol–water partition coefficient (Wildman–Crippen LogP) is 1.11. The highest BCUT2D eigenvalue weighted by Crippen LogP contribution is 2.38. The molecule has 19 N–H and O–H groups in total. The van der Waals surface area contributed by atoms with Crippen molar-refractivity contribution in [3.63, 3.8) is 0 Å². The summed E-state index contributed by atoms with van der Waals surface area (Å²) in [7, 11) is 0. The second kappa shape index (κ2) is 44.7. The van der Waals surface area contributed by atoms with E-state index in [0.29, 0.717) is 93.5 Å². The molecular formula is C85H116F3N19O15. The van der Waals surface area contributed by atoms with E-state index in [9.17, 15) is 75.8 Å². The number of nitrogens with two attached hydrogens (primary N) is 3. The summed E-state index contributed by atoms with van der Waals surface area (Å²) in [6.45, 7) is 9.06. The molecule has 4 heterocycles. The molecule has 4 aromatic carbocycles. The molecule has 0 radical (unpaired) electrons. The Morgan fingerprint density at radius 1 is 0.500 bits per heavy atom. The molecule has 5 fully saturated rings. The summed E-state index contributed by atoms with van der Waals surface area (Å²) in [6, 6.07) is 9.87. The molecule has 5 aliphatic rings. The van der Waals surface area contributed by atoms with Gasteiger partial charge in [0, 0.05) is 77.3 Å². The molecule has 4 aromatic rings. The highest BCUT2D eigenvalue weighted by molar-refractivity contribution is 6.01. The van der Waals surface area contributed by atoms with E-state index in [0.717, 1.165) is 17.4 Å². The Morgan fingerprint density at radius 3 is 1.54 bits per heavy atom. The van der Waals surface area contributed by atoms with Gasteiger partial charge in [0.05, 0.1) is 18.5 Å². The van der Waals surface area contributed by atoms with E-state index in [1.54, 1.807) is 68.4 Å². The maximum atomic E-state index is 15.2. The molecule has 34 nitrogen and oxygen atoms in total. The van der Waals surface area contributed by atoms with E-state index in [1.165, 1.54) is 66.1 Å². The van der Waals surface area contributed by atoms with Crippen molar-refractivity contribution in [2.45, 2.75) is 222 Å². The minimum atomic E-state index is -4.72. The maximum absolute atomic E-state index is 15.2. The molecule has 1 saturated carbocycles. The van der Waals surface area contributed by atoms with Crippen LogP contribution in [0.15, 0.2) is 103 Å². The number of aliphatic carboxylic acids is 1. The second-order valence-corrected chi connectivity index (χ2v) is 32.6. The van der Waals surface area contributed by atoms with Crippen molar-refractivity contribution >= 4 is 94.4 Å². The van der Waals surface area contributed by atoms with Crippen LogP contribution in [-0.4, -0.2) is 245 Å². The average Bonchev–Trinajstić information content (AvgIpc) is 1.21. The van der Waals surface area contributed by atoms with Gasteiger partial charge in [-0.05, 0) is 142 Å². The van der Waals surface area contributed by atoms with Crippen LogP contribution in [0.1, 0.15) is 146 Å². The molecule has 0 bridgehead atoms. The van der Waals surface area contributed by atoms with Crippen molar-refractivity contribution in [1.29, 1.82) is 5.41 Å². The largest absolute Gasteiger partial charge is 0.481 e. The number of carboxylic acid groups (broad SMARTS) is 1. The summed E-state index contributed by atoms with van der Waals surface area (Å²) in [5.74, 6) is -12.7. The quantitative estimate of drug-likeness (QED) is 0.0129. The van der Waals surface area contributed by atoms with Gasteiger partial charge in [0.1, 0.15) is 72.5 Å². The number of hydrogen-bond acceptors (Lipinski definition) is 18. The predicted molar refractivity (Wildman–Crippen MR) is 444 cm³/mol. The Labute approximate surface area is 706 Å². The van der Waals surface area contributed by atoms with Crippen molar-refractivity contribution in [1.82, 2.24) is 78.1 Å². The number of carbonyl (C=O) groups is 14. The maximum Gasteiger partial charge on any atom is 0.417 e. The molecule has 13 amide bonds. The number of halogens is 3. The monoisotopic (exact) mass is 1700 g/mol. The van der Waals surface area contributed by atoms with Gasteiger partial charge < -0.3 is 95.5 Å². The number of nitrogens with one attached hydrogen (secondary N) is 12. The lowest BCUT2D eigenvalue weighted by Crippen LogP contribution is -2.61. The Kier molecular flexibility index (Phi) is 34.5. The molecule has 0 aromatic heterocycles. The lowest BCUT2D eigenvalue weighted by atomic mass is 9.83. The minimum absolute atomic E-state index is 0.00421. The van der Waals surface area contributed by atoms with Gasteiger partial charge in [-0.3, -0.25) is 77.4 Å². The van der Waals surface area contributed by atoms with Crippen molar-refractivity contribution in [2.75, 3.05) is 64.6 Å². The van der Waals surface area contributed by atoms with E-state index >= 15 is 9.59 Å². The van der Waals surface area contributed by atoms with Crippen LogP contribution in [0.2, 0.25) is 0 Å². The first-order chi connectivity index (χ1) is 58.1. The van der Waals surface area contributed by atoms with Gasteiger partial charge in [0.25, 0.3) is 0 Å². The third kappa shape index (κ3) is 27.1. The van der Waals surface area contributed by atoms with E-state index in [4.69, 9.17) is 22.6 Å². The van der Waals surface area contributed by atoms with Crippen molar-refractivity contribution in [3.05, 3.63) is 125 Å². The summed E-state index contributed by atoms with van der Waals surface area (Å²) >= 11 is 0. The van der Waals surface area contributed by atoms with Crippen LogP contribution in [-0.2, 0) is 92.6 Å². The zero-order chi connectivity index (χ0) is 88.5. The first kappa shape index (κ1) is 94.1. The number of alkyl halides is 3. The first-order valence-electron chi connectivity index (χ1n) is 41.9. The van der Waals surface area contributed by atoms with E-state index in [2.05, 4.69) is 58.5 Å². The Hall–Kier alpha value is -11.8. The standard InChI is InChI=1S/C85H116F3N19O15/c1-49(2)43-61(99-77(116)62(45-54-29-33-57(89)34-30-54)97-69(108)48-104-41-36-93-37-42-104)75(114)95-50(3)73(112)102-65(46-53-27-31-55(32-28-53)58-21-11-12-22-59(58)85(86,87)88)82(121)106-39-15-25-67(106)79(118)101-64(47-70(109)110)76(115)96-51(4)74(113)103-71(56-19-9-6-10-20-56)83(122)107-40-16-26-68(107)80(119)100-63(44-52-17-7-5-8-18-52)78(117)98-60(23-13-35-94-84(91)92)81(120)105-38-14-24-66(105)72(90)111/h5,7-8,11-12,17-18,21-22,27-34,49-51,56,60-68,71,93H,6,9-10,13-16,19-20,23-26,35-48,89H2,1-4H3,(H2,90,111)(H,95,114)(H,96,115)(H,97,108)(H,98,117)(H,99,116)(H,100,119)(H,101,118)(H,102,112)(H,103,113)(H,109,110)(H4,91,92,94). The van der Waals surface area contributed by atoms with Gasteiger partial charge in [-0.2, -0.15) is 13.2 Å². The van der Waals surface area contributed by atoms with Gasteiger partial charge in [-0.25, -0.2) is 0 Å². The fourth-order valence-corrected chi connectivity index (χ4v) is 16.4. The van der Waals surface area contributed by atoms with Gasteiger partial charge in [0.2, 0.25) is 76.8 Å². The summed E-state index contributed by atoms with van der Waals surface area (Å²) < 4.78 is 42.8. The number of amides is 13. The lowest BCUT2D eigenvalue weighted by Gasteiger charge is -2.35. The molecule has 662 valence electrons. The molecule has 37 heteroatoms. The Bertz CT molecular complexity index is 4360. The SMILES string of the molecule is CC(C)CC(NC(=O)C(Cc1ccc(N)cc1)NC(=O)CN1CCNCC1)C(=O)NC(C)C(=O)NC(Cc1ccc(-c2ccccc2C(F)(F)F)cc1)C(=O)N1CCCC1C(=O)NC(CC(=O)O)C(=O)NC(C)C(=O)NC(C(=O)N1CCCC1C(=O)NC(Cc1ccccc1)C(=O)NC(CCCNC(=N)N)C(=O)N1CCCC1C(N)=O)C1CCCCC1. The summed E-state index contributed by atoms with van der Waals surface area (Å²) in [5, 5.41) is 48.1. The van der Waals surface area contributed by atoms with Crippen LogP contribution >= 0.6 is 0 Å². The third-order valence-electron chi connectivity index (χ3n) is 22.8. The number of rotatable bonds is 39. The minimum Gasteiger partial charge on any atom is -0.481 e. The molecule has 0 spiro atoms. The Balaban J connectivity index is 0.887. The number of carbonyl (C=O) groups excluding carboxylic acids is 13. The number of carboxylic acids is 1. The molecule has 1 aliphatic carbocycles. The smallest absolute Gasteiger partial charge is 0.417 e. The van der Waals surface area contributed by atoms with Crippen molar-refractivity contribution in [2.24, 2.45) is 23.3 Å². The van der Waals surface area contributed by atoms with Crippen molar-refractivity contribution in [3.8, 4) is 11.1 Å². The number of primary amides is 1. The van der Waals surface area contributed by atoms with Crippen LogP contribution in [0.5, 0.6) is 0 Å². The highest BCUT2D eigenvalue weighted by atomic mass is 19.4. The van der Waals surface area contributed by atoms with Gasteiger partial charge in [-0.1, -0.05) is 118 Å². The number of anilines is 1. The molecule has 4 saturated heterocycles. The summed E-state index contributed by atoms with van der Waals surface area (Å²) in [6.07, 6.45) is -1.22. The number of benzene rings is 4. The zero-order valence-corrected chi connectivity index (χ0v) is 69.3. The van der Waals surface area contributed by atoms with Crippen LogP contribution < -0.4 is 75.7 Å². The molecule has 12 atom stereocenters. The van der Waals surface area contributed by atoms with Crippen LogP contribution in [0.4, 0.5) is 18.9 Å². The van der Waals surface area contributed by atoms with Gasteiger partial charge >= 0.3 is 12.1 Å². The van der Waals surface area contributed by atoms with E-state index < -0.39 is 179 Å². The number of guanidine groups is 1. The average molecular weight is 1700 g/mol. The number of hydrogen-bond donors (Lipinski definition) is 16. The van der Waals surface area contributed by atoms with Crippen LogP contribution in [0.25, 0.3) is 11.1 Å².